The van der Waals surface area contributed by atoms with Gasteiger partial charge < -0.3 is 10.2 Å². The van der Waals surface area contributed by atoms with Crippen LogP contribution in [-0.2, 0) is 15.8 Å². The molecule has 0 saturated carbocycles. The number of amides is 2. The lowest BCUT2D eigenvalue weighted by atomic mass is 10.1. The fourth-order valence-electron chi connectivity index (χ4n) is 4.61. The third-order valence-corrected chi connectivity index (χ3v) is 8.42. The number of sulfonamides is 1. The van der Waals surface area contributed by atoms with E-state index >= 15 is 0 Å². The first-order valence-corrected chi connectivity index (χ1v) is 13.8. The molecule has 7 nitrogen and oxygen atoms in total. The molecule has 2 aromatic carbocycles. The van der Waals surface area contributed by atoms with Gasteiger partial charge in [-0.25, -0.2) is 12.7 Å². The van der Waals surface area contributed by atoms with Crippen molar-refractivity contribution >= 4 is 27.5 Å². The summed E-state index contributed by atoms with van der Waals surface area (Å²) in [5, 5.41) is 2.87. The molecule has 2 aliphatic rings. The van der Waals surface area contributed by atoms with Gasteiger partial charge in [-0.1, -0.05) is 43.5 Å². The number of nitrogens with one attached hydrogen (secondary N) is 1. The average Bonchev–Trinajstić information content (AvgIpc) is 3.14. The summed E-state index contributed by atoms with van der Waals surface area (Å²) in [6.07, 6.45) is 7.15. The van der Waals surface area contributed by atoms with Crippen LogP contribution < -0.4 is 5.32 Å². The Kier molecular flexibility index (Phi) is 8.00. The van der Waals surface area contributed by atoms with Gasteiger partial charge >= 0.3 is 0 Å². The number of piperidine rings is 1. The second-order valence-electron chi connectivity index (χ2n) is 9.12. The topological polar surface area (TPSA) is 86.8 Å². The van der Waals surface area contributed by atoms with Crippen LogP contribution in [0.4, 0.5) is 5.69 Å². The zero-order chi connectivity index (χ0) is 24.0. The fraction of sp³-hybridized carbons (Fsp3) is 0.462. The van der Waals surface area contributed by atoms with Gasteiger partial charge in [0.1, 0.15) is 0 Å². The van der Waals surface area contributed by atoms with Gasteiger partial charge in [-0.3, -0.25) is 9.59 Å². The predicted molar refractivity (Wildman–Crippen MR) is 133 cm³/mol. The van der Waals surface area contributed by atoms with Gasteiger partial charge in [0, 0.05) is 31.7 Å². The molecule has 2 heterocycles. The molecule has 1 N–H and O–H groups in total. The molecule has 0 aliphatic carbocycles. The maximum absolute atomic E-state index is 13.1. The van der Waals surface area contributed by atoms with Crippen molar-refractivity contribution in [3.63, 3.8) is 0 Å². The number of likely N-dealkylation sites (tertiary alicyclic amines) is 1. The van der Waals surface area contributed by atoms with E-state index in [1.165, 1.54) is 0 Å². The minimum absolute atomic E-state index is 0.0592. The molecule has 2 aromatic rings. The van der Waals surface area contributed by atoms with Crippen molar-refractivity contribution in [2.75, 3.05) is 31.5 Å². The minimum Gasteiger partial charge on any atom is -0.339 e. The Morgan fingerprint density at radius 3 is 2.03 bits per heavy atom. The van der Waals surface area contributed by atoms with Crippen molar-refractivity contribution < 1.29 is 18.0 Å². The van der Waals surface area contributed by atoms with E-state index in [4.69, 9.17) is 0 Å². The van der Waals surface area contributed by atoms with Gasteiger partial charge in [0.15, 0.2) is 0 Å². The predicted octanol–water partition coefficient (Wildman–Crippen LogP) is 4.27. The molecule has 2 amide bonds. The number of anilines is 1. The van der Waals surface area contributed by atoms with Crippen LogP contribution in [0, 0.1) is 0 Å². The van der Waals surface area contributed by atoms with Crippen LogP contribution in [0.25, 0.3) is 0 Å². The van der Waals surface area contributed by atoms with E-state index in [0.29, 0.717) is 35.5 Å². The number of nitrogens with zero attached hydrogens (tertiary/aromatic N) is 2. The normalized spacial score (nSPS) is 17.7. The molecule has 2 saturated heterocycles. The van der Waals surface area contributed by atoms with Crippen molar-refractivity contribution in [2.45, 2.75) is 50.7 Å². The van der Waals surface area contributed by atoms with Crippen molar-refractivity contribution in [1.82, 2.24) is 9.21 Å². The molecule has 4 rings (SSSR count). The second kappa shape index (κ2) is 11.1. The first-order chi connectivity index (χ1) is 16.4. The number of rotatable bonds is 6. The van der Waals surface area contributed by atoms with Gasteiger partial charge in [0.25, 0.3) is 11.8 Å². The van der Waals surface area contributed by atoms with Crippen molar-refractivity contribution in [3.8, 4) is 0 Å². The zero-order valence-corrected chi connectivity index (χ0v) is 20.4. The van der Waals surface area contributed by atoms with Gasteiger partial charge in [-0.2, -0.15) is 0 Å². The number of hydrogen-bond donors (Lipinski definition) is 1. The lowest BCUT2D eigenvalue weighted by Gasteiger charge is -2.25. The molecular weight excluding hydrogens is 450 g/mol. The number of para-hydroxylation sites is 1. The lowest BCUT2D eigenvalue weighted by Crippen LogP contribution is -2.36. The highest BCUT2D eigenvalue weighted by Gasteiger charge is 2.24. The van der Waals surface area contributed by atoms with Crippen LogP contribution >= 0.6 is 0 Å². The summed E-state index contributed by atoms with van der Waals surface area (Å²) < 4.78 is 26.9. The van der Waals surface area contributed by atoms with Gasteiger partial charge in [0.2, 0.25) is 10.0 Å². The Balaban J connectivity index is 1.43. The van der Waals surface area contributed by atoms with Gasteiger partial charge in [-0.05, 0) is 55.5 Å². The van der Waals surface area contributed by atoms with E-state index in [9.17, 15) is 18.0 Å². The second-order valence-corrected chi connectivity index (χ2v) is 11.1. The summed E-state index contributed by atoms with van der Waals surface area (Å²) in [5.74, 6) is -0.458. The highest BCUT2D eigenvalue weighted by molar-refractivity contribution is 7.88. The van der Waals surface area contributed by atoms with Crippen LogP contribution in [-0.4, -0.2) is 55.6 Å². The highest BCUT2D eigenvalue weighted by Crippen LogP contribution is 2.22. The van der Waals surface area contributed by atoms with E-state index in [1.54, 1.807) is 52.8 Å². The average molecular weight is 484 g/mol. The molecule has 0 unspecified atom stereocenters. The Bertz CT molecular complexity index is 1100. The summed E-state index contributed by atoms with van der Waals surface area (Å²) in [4.78, 5) is 27.9. The summed E-state index contributed by atoms with van der Waals surface area (Å²) in [5.41, 5.74) is 2.04. The smallest absolute Gasteiger partial charge is 0.255 e. The van der Waals surface area contributed by atoms with E-state index in [2.05, 4.69) is 5.32 Å². The Morgan fingerprint density at radius 1 is 0.765 bits per heavy atom. The fourth-order valence-corrected chi connectivity index (χ4v) is 6.23. The third-order valence-electron chi connectivity index (χ3n) is 6.57. The lowest BCUT2D eigenvalue weighted by molar-refractivity contribution is 0.0762. The standard InChI is InChI=1S/C26H33N3O4S/c30-25(22-14-12-21(13-15-22)20-34(32,33)29-18-8-3-9-19-29)27-24-11-5-4-10-23(24)26(31)28-16-6-1-2-7-17-28/h4-5,10-15H,1-3,6-9,16-20H2,(H,27,30). The van der Waals surface area contributed by atoms with Crippen molar-refractivity contribution in [1.29, 1.82) is 0 Å². The highest BCUT2D eigenvalue weighted by atomic mass is 32.2. The molecule has 34 heavy (non-hydrogen) atoms. The number of carbonyl (C=O) groups excluding carboxylic acids is 2. The summed E-state index contributed by atoms with van der Waals surface area (Å²) in [7, 11) is -3.36. The third kappa shape index (κ3) is 6.04. The van der Waals surface area contributed by atoms with E-state index < -0.39 is 10.0 Å². The van der Waals surface area contributed by atoms with Gasteiger partial charge in [0.05, 0.1) is 17.0 Å². The van der Waals surface area contributed by atoms with Crippen molar-refractivity contribution in [2.24, 2.45) is 0 Å². The number of hydrogen-bond acceptors (Lipinski definition) is 4. The molecule has 0 atom stereocenters. The summed E-state index contributed by atoms with van der Waals surface area (Å²) in [6, 6.07) is 13.7. The monoisotopic (exact) mass is 483 g/mol. The first-order valence-electron chi connectivity index (χ1n) is 12.2. The number of carbonyl (C=O) groups is 2. The van der Waals surface area contributed by atoms with E-state index in [-0.39, 0.29) is 17.6 Å². The Morgan fingerprint density at radius 2 is 1.35 bits per heavy atom. The summed E-state index contributed by atoms with van der Waals surface area (Å²) in [6.45, 7) is 2.64. The maximum Gasteiger partial charge on any atom is 0.255 e. The molecule has 182 valence electrons. The SMILES string of the molecule is O=C(Nc1ccccc1C(=O)N1CCCCCC1)c1ccc(CS(=O)(=O)N2CCCCC2)cc1. The molecule has 2 fully saturated rings. The maximum atomic E-state index is 13.1. The van der Waals surface area contributed by atoms with Crippen LogP contribution in [0.15, 0.2) is 48.5 Å². The Hall–Kier alpha value is -2.71. The summed E-state index contributed by atoms with van der Waals surface area (Å²) >= 11 is 0. The van der Waals surface area contributed by atoms with E-state index in [0.717, 1.165) is 58.0 Å². The molecule has 0 bridgehead atoms. The van der Waals surface area contributed by atoms with Crippen LogP contribution in [0.5, 0.6) is 0 Å². The quantitative estimate of drug-likeness (QED) is 0.665. The van der Waals surface area contributed by atoms with Crippen LogP contribution in [0.1, 0.15) is 71.2 Å². The Labute approximate surface area is 202 Å². The first kappa shape index (κ1) is 24.4. The molecular formula is C26H33N3O4S. The molecule has 0 aromatic heterocycles. The largest absolute Gasteiger partial charge is 0.339 e. The van der Waals surface area contributed by atoms with Crippen LogP contribution in [0.3, 0.4) is 0 Å². The molecule has 0 spiro atoms. The minimum atomic E-state index is -3.36. The van der Waals surface area contributed by atoms with E-state index in [1.807, 2.05) is 4.90 Å². The molecule has 8 heteroatoms. The van der Waals surface area contributed by atoms with Crippen molar-refractivity contribution in [3.05, 3.63) is 65.2 Å². The molecule has 2 aliphatic heterocycles. The molecule has 0 radical (unpaired) electrons. The van der Waals surface area contributed by atoms with Gasteiger partial charge in [-0.15, -0.1) is 0 Å². The van der Waals surface area contributed by atoms with Crippen LogP contribution in [0.2, 0.25) is 0 Å². The number of benzene rings is 2. The zero-order valence-electron chi connectivity index (χ0n) is 19.5.